The Hall–Kier alpha value is -1.98. The van der Waals surface area contributed by atoms with Gasteiger partial charge in [0.15, 0.2) is 5.16 Å². The zero-order chi connectivity index (χ0) is 13.9. The Morgan fingerprint density at radius 3 is 2.90 bits per heavy atom. The Bertz CT molecular complexity index is 740. The monoisotopic (exact) mass is 286 g/mol. The summed E-state index contributed by atoms with van der Waals surface area (Å²) in [5.74, 6) is 0.799. The quantitative estimate of drug-likeness (QED) is 0.773. The van der Waals surface area contributed by atoms with Crippen LogP contribution in [0.3, 0.4) is 0 Å². The summed E-state index contributed by atoms with van der Waals surface area (Å²) in [4.78, 5) is 8.79. The number of hydrogen-bond acceptors (Lipinski definition) is 4. The van der Waals surface area contributed by atoms with Crippen LogP contribution < -0.4 is 4.74 Å². The molecular weight excluding hydrogens is 272 g/mol. The van der Waals surface area contributed by atoms with Gasteiger partial charge in [-0.05, 0) is 23.8 Å². The van der Waals surface area contributed by atoms with E-state index in [2.05, 4.69) is 9.97 Å². The van der Waals surface area contributed by atoms with Crippen molar-refractivity contribution in [3.05, 3.63) is 48.0 Å². The van der Waals surface area contributed by atoms with Gasteiger partial charge in [-0.25, -0.2) is 4.98 Å². The molecule has 0 aliphatic carbocycles. The molecule has 0 bridgehead atoms. The first-order valence-corrected chi connectivity index (χ1v) is 7.02. The number of hydrogen-bond donors (Lipinski definition) is 2. The number of imidazole rings is 1. The summed E-state index contributed by atoms with van der Waals surface area (Å²) < 4.78 is 5.20. The number of aromatic amines is 1. The summed E-state index contributed by atoms with van der Waals surface area (Å²) in [7, 11) is 1.64. The van der Waals surface area contributed by atoms with E-state index in [1.54, 1.807) is 7.11 Å². The summed E-state index contributed by atoms with van der Waals surface area (Å²) in [6.07, 6.45) is 0. The number of H-pyrrole nitrogens is 1. The number of rotatable bonds is 4. The van der Waals surface area contributed by atoms with Gasteiger partial charge in [0, 0.05) is 11.0 Å². The van der Waals surface area contributed by atoms with E-state index in [0.717, 1.165) is 32.4 Å². The minimum Gasteiger partial charge on any atom is -0.497 e. The number of aliphatic hydroxyl groups excluding tert-OH is 1. The van der Waals surface area contributed by atoms with Crippen LogP contribution in [-0.4, -0.2) is 22.2 Å². The van der Waals surface area contributed by atoms with Crippen molar-refractivity contribution in [2.75, 3.05) is 7.11 Å². The SMILES string of the molecule is COc1ccc2nc(Sc3ccccc3CO)[nH]c2c1. The van der Waals surface area contributed by atoms with E-state index in [1.807, 2.05) is 42.5 Å². The fraction of sp³-hybridized carbons (Fsp3) is 0.133. The van der Waals surface area contributed by atoms with Gasteiger partial charge in [-0.3, -0.25) is 0 Å². The third-order valence-electron chi connectivity index (χ3n) is 3.02. The van der Waals surface area contributed by atoms with Gasteiger partial charge in [0.1, 0.15) is 5.75 Å². The van der Waals surface area contributed by atoms with Gasteiger partial charge in [0.25, 0.3) is 0 Å². The average Bonchev–Trinajstić information content (AvgIpc) is 2.89. The third-order valence-corrected chi connectivity index (χ3v) is 4.02. The van der Waals surface area contributed by atoms with Crippen molar-refractivity contribution in [2.24, 2.45) is 0 Å². The number of ether oxygens (including phenoxy) is 1. The lowest BCUT2D eigenvalue weighted by atomic mass is 10.2. The highest BCUT2D eigenvalue weighted by atomic mass is 32.2. The molecule has 0 unspecified atom stereocenters. The lowest BCUT2D eigenvalue weighted by molar-refractivity contribution is 0.279. The molecule has 0 spiro atoms. The second-order valence-corrected chi connectivity index (χ2v) is 5.32. The van der Waals surface area contributed by atoms with E-state index in [1.165, 1.54) is 11.8 Å². The van der Waals surface area contributed by atoms with E-state index in [-0.39, 0.29) is 6.61 Å². The molecule has 1 heterocycles. The van der Waals surface area contributed by atoms with Gasteiger partial charge in [-0.15, -0.1) is 0 Å². The Morgan fingerprint density at radius 1 is 1.25 bits per heavy atom. The summed E-state index contributed by atoms with van der Waals surface area (Å²) in [5, 5.41) is 10.1. The molecule has 0 saturated heterocycles. The fourth-order valence-corrected chi connectivity index (χ4v) is 2.90. The molecule has 0 aliphatic rings. The van der Waals surface area contributed by atoms with Crippen LogP contribution in [0, 0.1) is 0 Å². The molecule has 0 radical (unpaired) electrons. The van der Waals surface area contributed by atoms with Crippen LogP contribution in [0.4, 0.5) is 0 Å². The molecule has 3 rings (SSSR count). The highest BCUT2D eigenvalue weighted by Crippen LogP contribution is 2.30. The van der Waals surface area contributed by atoms with E-state index < -0.39 is 0 Å². The Balaban J connectivity index is 1.94. The number of nitrogens with zero attached hydrogens (tertiary/aromatic N) is 1. The first kappa shape index (κ1) is 13.0. The van der Waals surface area contributed by atoms with Gasteiger partial charge in [0.05, 0.1) is 24.8 Å². The summed E-state index contributed by atoms with van der Waals surface area (Å²) in [6.45, 7) is 0.0250. The first-order chi connectivity index (χ1) is 9.80. The smallest absolute Gasteiger partial charge is 0.171 e. The van der Waals surface area contributed by atoms with Crippen molar-refractivity contribution < 1.29 is 9.84 Å². The van der Waals surface area contributed by atoms with E-state index in [4.69, 9.17) is 4.74 Å². The van der Waals surface area contributed by atoms with Gasteiger partial charge < -0.3 is 14.8 Å². The van der Waals surface area contributed by atoms with Crippen LogP contribution in [0.15, 0.2) is 52.5 Å². The van der Waals surface area contributed by atoms with Gasteiger partial charge in [-0.1, -0.05) is 30.0 Å². The average molecular weight is 286 g/mol. The molecule has 0 fully saturated rings. The van der Waals surface area contributed by atoms with Crippen LogP contribution in [0.25, 0.3) is 11.0 Å². The minimum atomic E-state index is 0.0250. The molecule has 0 amide bonds. The normalized spacial score (nSPS) is 10.9. The standard InChI is InChI=1S/C15H14N2O2S/c1-19-11-6-7-12-13(8-11)17-15(16-12)20-14-5-3-2-4-10(14)9-18/h2-8,18H,9H2,1H3,(H,16,17). The van der Waals surface area contributed by atoms with Crippen molar-refractivity contribution in [1.29, 1.82) is 0 Å². The van der Waals surface area contributed by atoms with Crippen LogP contribution in [0.5, 0.6) is 5.75 Å². The Kier molecular flexibility index (Phi) is 3.62. The lowest BCUT2D eigenvalue weighted by Gasteiger charge is -2.03. The summed E-state index contributed by atoms with van der Waals surface area (Å²) >= 11 is 1.51. The highest BCUT2D eigenvalue weighted by Gasteiger charge is 2.08. The number of fused-ring (bicyclic) bond motifs is 1. The number of nitrogens with one attached hydrogen (secondary N) is 1. The second-order valence-electron chi connectivity index (χ2n) is 4.29. The molecule has 2 N–H and O–H groups in total. The zero-order valence-corrected chi connectivity index (χ0v) is 11.8. The van der Waals surface area contributed by atoms with Crippen molar-refractivity contribution >= 4 is 22.8 Å². The van der Waals surface area contributed by atoms with Gasteiger partial charge in [0.2, 0.25) is 0 Å². The van der Waals surface area contributed by atoms with E-state index >= 15 is 0 Å². The number of aromatic nitrogens is 2. The molecular formula is C15H14N2O2S. The Morgan fingerprint density at radius 2 is 2.10 bits per heavy atom. The summed E-state index contributed by atoms with van der Waals surface area (Å²) in [6, 6.07) is 13.5. The van der Waals surface area contributed by atoms with Crippen molar-refractivity contribution in [3.63, 3.8) is 0 Å². The maximum atomic E-state index is 9.34. The maximum Gasteiger partial charge on any atom is 0.171 e. The molecule has 0 atom stereocenters. The predicted octanol–water partition coefficient (Wildman–Crippen LogP) is 3.22. The van der Waals surface area contributed by atoms with Crippen LogP contribution in [-0.2, 0) is 6.61 Å². The van der Waals surface area contributed by atoms with Gasteiger partial charge >= 0.3 is 0 Å². The second kappa shape index (κ2) is 5.56. The highest BCUT2D eigenvalue weighted by molar-refractivity contribution is 7.99. The Labute approximate surface area is 120 Å². The van der Waals surface area contributed by atoms with Gasteiger partial charge in [-0.2, -0.15) is 0 Å². The number of aliphatic hydroxyl groups is 1. The summed E-state index contributed by atoms with van der Waals surface area (Å²) in [5.41, 5.74) is 2.73. The third kappa shape index (κ3) is 2.50. The minimum absolute atomic E-state index is 0.0250. The molecule has 4 nitrogen and oxygen atoms in total. The molecule has 20 heavy (non-hydrogen) atoms. The van der Waals surface area contributed by atoms with Crippen molar-refractivity contribution in [2.45, 2.75) is 16.7 Å². The molecule has 1 aromatic heterocycles. The fourth-order valence-electron chi connectivity index (χ4n) is 1.98. The molecule has 3 aromatic rings. The maximum absolute atomic E-state index is 9.34. The van der Waals surface area contributed by atoms with Crippen LogP contribution in [0.1, 0.15) is 5.56 Å². The van der Waals surface area contributed by atoms with Crippen molar-refractivity contribution in [3.8, 4) is 5.75 Å². The molecule has 2 aromatic carbocycles. The van der Waals surface area contributed by atoms with E-state index in [9.17, 15) is 5.11 Å². The molecule has 102 valence electrons. The van der Waals surface area contributed by atoms with Crippen LogP contribution in [0.2, 0.25) is 0 Å². The predicted molar refractivity (Wildman–Crippen MR) is 79.1 cm³/mol. The number of methoxy groups -OCH3 is 1. The van der Waals surface area contributed by atoms with E-state index in [0.29, 0.717) is 0 Å². The molecule has 0 aliphatic heterocycles. The first-order valence-electron chi connectivity index (χ1n) is 6.20. The van der Waals surface area contributed by atoms with Crippen LogP contribution >= 0.6 is 11.8 Å². The zero-order valence-electron chi connectivity index (χ0n) is 11.0. The number of benzene rings is 2. The molecule has 0 saturated carbocycles. The largest absolute Gasteiger partial charge is 0.497 e. The lowest BCUT2D eigenvalue weighted by Crippen LogP contribution is -1.86. The molecule has 5 heteroatoms. The topological polar surface area (TPSA) is 58.1 Å². The van der Waals surface area contributed by atoms with Crippen molar-refractivity contribution in [1.82, 2.24) is 9.97 Å².